The number of ether oxygens (including phenoxy) is 1. The maximum atomic E-state index is 6.12. The number of nitrogens with zero attached hydrogens (tertiary/aromatic N) is 1. The van der Waals surface area contributed by atoms with Crippen LogP contribution in [0, 0.1) is 0 Å². The predicted molar refractivity (Wildman–Crippen MR) is 72.6 cm³/mol. The summed E-state index contributed by atoms with van der Waals surface area (Å²) in [6.45, 7) is 0. The minimum Gasteiger partial charge on any atom is -0.490 e. The van der Waals surface area contributed by atoms with Crippen molar-refractivity contribution in [1.29, 1.82) is 0 Å². The monoisotopic (exact) mass is 242 g/mol. The summed E-state index contributed by atoms with van der Waals surface area (Å²) in [5, 5.41) is 1.09. The van der Waals surface area contributed by atoms with Gasteiger partial charge in [-0.25, -0.2) is 0 Å². The van der Waals surface area contributed by atoms with Crippen molar-refractivity contribution >= 4 is 10.9 Å². The maximum absolute atomic E-state index is 6.12. The molecule has 1 aliphatic rings. The third-order valence-electron chi connectivity index (χ3n) is 3.62. The highest BCUT2D eigenvalue weighted by Crippen LogP contribution is 2.28. The Kier molecular flexibility index (Phi) is 3.15. The SMILES string of the molecule is N[C@H]1CC[C@H](Oc2ccnc3ccccc23)CC1. The van der Waals surface area contributed by atoms with Crippen LogP contribution >= 0.6 is 0 Å². The first-order valence-electron chi connectivity index (χ1n) is 6.59. The fourth-order valence-electron chi connectivity index (χ4n) is 2.56. The first-order valence-corrected chi connectivity index (χ1v) is 6.59. The van der Waals surface area contributed by atoms with Crippen LogP contribution in [0.15, 0.2) is 36.5 Å². The summed E-state index contributed by atoms with van der Waals surface area (Å²) < 4.78 is 6.12. The summed E-state index contributed by atoms with van der Waals surface area (Å²) in [5.74, 6) is 0.945. The molecule has 1 aliphatic carbocycles. The van der Waals surface area contributed by atoms with Gasteiger partial charge in [0.15, 0.2) is 0 Å². The minimum absolute atomic E-state index is 0.301. The van der Waals surface area contributed by atoms with Gasteiger partial charge in [0, 0.05) is 17.6 Å². The zero-order valence-electron chi connectivity index (χ0n) is 10.4. The van der Waals surface area contributed by atoms with Gasteiger partial charge in [0.05, 0.1) is 11.6 Å². The average molecular weight is 242 g/mol. The van der Waals surface area contributed by atoms with E-state index in [0.717, 1.165) is 42.3 Å². The Bertz CT molecular complexity index is 528. The molecule has 2 aromatic rings. The van der Waals surface area contributed by atoms with Crippen LogP contribution in [-0.2, 0) is 0 Å². The van der Waals surface area contributed by atoms with Crippen LogP contribution in [0.5, 0.6) is 5.75 Å². The van der Waals surface area contributed by atoms with E-state index in [1.807, 2.05) is 30.5 Å². The first-order chi connectivity index (χ1) is 8.83. The van der Waals surface area contributed by atoms with Crippen LogP contribution in [0.4, 0.5) is 0 Å². The standard InChI is InChI=1S/C15H18N2O/c16-11-5-7-12(8-6-11)18-15-9-10-17-14-4-2-1-3-13(14)15/h1-4,9-12H,5-8,16H2/t11-,12-. The summed E-state index contributed by atoms with van der Waals surface area (Å²) in [6, 6.07) is 10.4. The van der Waals surface area contributed by atoms with Crippen molar-refractivity contribution in [3.8, 4) is 5.75 Å². The highest BCUT2D eigenvalue weighted by molar-refractivity contribution is 5.84. The Balaban J connectivity index is 1.82. The van der Waals surface area contributed by atoms with Crippen LogP contribution in [-0.4, -0.2) is 17.1 Å². The number of hydrogen-bond acceptors (Lipinski definition) is 3. The molecular weight excluding hydrogens is 224 g/mol. The van der Waals surface area contributed by atoms with Crippen molar-refractivity contribution in [3.63, 3.8) is 0 Å². The van der Waals surface area contributed by atoms with Gasteiger partial charge in [0.25, 0.3) is 0 Å². The van der Waals surface area contributed by atoms with E-state index >= 15 is 0 Å². The molecule has 0 unspecified atom stereocenters. The summed E-state index contributed by atoms with van der Waals surface area (Å²) in [7, 11) is 0. The van der Waals surface area contributed by atoms with Gasteiger partial charge in [-0.3, -0.25) is 4.98 Å². The number of nitrogens with two attached hydrogens (primary N) is 1. The Morgan fingerprint density at radius 2 is 1.83 bits per heavy atom. The number of pyridine rings is 1. The van der Waals surface area contributed by atoms with Crippen LogP contribution < -0.4 is 10.5 Å². The van der Waals surface area contributed by atoms with E-state index in [1.165, 1.54) is 0 Å². The molecule has 1 aromatic heterocycles. The summed E-state index contributed by atoms with van der Waals surface area (Å²) in [5.41, 5.74) is 6.90. The molecule has 1 aromatic carbocycles. The molecule has 0 saturated heterocycles. The van der Waals surface area contributed by atoms with Gasteiger partial charge >= 0.3 is 0 Å². The zero-order valence-corrected chi connectivity index (χ0v) is 10.4. The maximum Gasteiger partial charge on any atom is 0.130 e. The lowest BCUT2D eigenvalue weighted by Crippen LogP contribution is -2.31. The van der Waals surface area contributed by atoms with Gasteiger partial charge < -0.3 is 10.5 Å². The van der Waals surface area contributed by atoms with Crippen molar-refractivity contribution in [2.75, 3.05) is 0 Å². The normalized spacial score (nSPS) is 24.1. The van der Waals surface area contributed by atoms with E-state index in [1.54, 1.807) is 0 Å². The number of aromatic nitrogens is 1. The van der Waals surface area contributed by atoms with E-state index < -0.39 is 0 Å². The number of para-hydroxylation sites is 1. The second-order valence-corrected chi connectivity index (χ2v) is 4.98. The van der Waals surface area contributed by atoms with Crippen molar-refractivity contribution in [3.05, 3.63) is 36.5 Å². The van der Waals surface area contributed by atoms with Crippen molar-refractivity contribution in [1.82, 2.24) is 4.98 Å². The largest absolute Gasteiger partial charge is 0.490 e. The molecule has 3 rings (SSSR count). The minimum atomic E-state index is 0.301. The number of hydrogen-bond donors (Lipinski definition) is 1. The lowest BCUT2D eigenvalue weighted by molar-refractivity contribution is 0.149. The van der Waals surface area contributed by atoms with E-state index in [4.69, 9.17) is 10.5 Å². The van der Waals surface area contributed by atoms with E-state index in [-0.39, 0.29) is 0 Å². The van der Waals surface area contributed by atoms with Crippen LogP contribution in [0.25, 0.3) is 10.9 Å². The molecule has 0 amide bonds. The van der Waals surface area contributed by atoms with Crippen LogP contribution in [0.1, 0.15) is 25.7 Å². The molecular formula is C15H18N2O. The first kappa shape index (κ1) is 11.5. The molecule has 0 bridgehead atoms. The molecule has 3 heteroatoms. The predicted octanol–water partition coefficient (Wildman–Crippen LogP) is 2.88. The smallest absolute Gasteiger partial charge is 0.130 e. The number of rotatable bonds is 2. The van der Waals surface area contributed by atoms with E-state index in [9.17, 15) is 0 Å². The van der Waals surface area contributed by atoms with Gasteiger partial charge in [-0.05, 0) is 43.9 Å². The molecule has 3 nitrogen and oxygen atoms in total. The Morgan fingerprint density at radius 1 is 1.06 bits per heavy atom. The average Bonchev–Trinajstić information content (AvgIpc) is 2.42. The van der Waals surface area contributed by atoms with Crippen molar-refractivity contribution < 1.29 is 4.74 Å². The molecule has 0 atom stereocenters. The molecule has 1 saturated carbocycles. The lowest BCUT2D eigenvalue weighted by atomic mass is 9.94. The molecule has 1 heterocycles. The fourth-order valence-corrected chi connectivity index (χ4v) is 2.56. The fraction of sp³-hybridized carbons (Fsp3) is 0.400. The highest BCUT2D eigenvalue weighted by atomic mass is 16.5. The van der Waals surface area contributed by atoms with E-state index in [2.05, 4.69) is 11.1 Å². The summed E-state index contributed by atoms with van der Waals surface area (Å²) in [6.07, 6.45) is 6.35. The second-order valence-electron chi connectivity index (χ2n) is 4.98. The molecule has 2 N–H and O–H groups in total. The van der Waals surface area contributed by atoms with Crippen molar-refractivity contribution in [2.24, 2.45) is 5.73 Å². The highest BCUT2D eigenvalue weighted by Gasteiger charge is 2.20. The van der Waals surface area contributed by atoms with Crippen molar-refractivity contribution in [2.45, 2.75) is 37.8 Å². The quantitative estimate of drug-likeness (QED) is 0.880. The Hall–Kier alpha value is -1.61. The number of fused-ring (bicyclic) bond motifs is 1. The molecule has 1 fully saturated rings. The second kappa shape index (κ2) is 4.94. The van der Waals surface area contributed by atoms with Gasteiger partial charge in [-0.2, -0.15) is 0 Å². The lowest BCUT2D eigenvalue weighted by Gasteiger charge is -2.27. The molecule has 0 radical (unpaired) electrons. The van der Waals surface area contributed by atoms with Gasteiger partial charge in [0.1, 0.15) is 5.75 Å². The molecule has 0 spiro atoms. The van der Waals surface area contributed by atoms with E-state index in [0.29, 0.717) is 12.1 Å². The van der Waals surface area contributed by atoms with Gasteiger partial charge in [0.2, 0.25) is 0 Å². The number of benzene rings is 1. The third-order valence-corrected chi connectivity index (χ3v) is 3.62. The molecule has 94 valence electrons. The Labute approximate surface area is 107 Å². The Morgan fingerprint density at radius 3 is 2.67 bits per heavy atom. The zero-order chi connectivity index (χ0) is 12.4. The van der Waals surface area contributed by atoms with Gasteiger partial charge in [-0.15, -0.1) is 0 Å². The summed E-state index contributed by atoms with van der Waals surface area (Å²) >= 11 is 0. The third kappa shape index (κ3) is 2.31. The molecule has 18 heavy (non-hydrogen) atoms. The van der Waals surface area contributed by atoms with Gasteiger partial charge in [-0.1, -0.05) is 12.1 Å². The molecule has 0 aliphatic heterocycles. The van der Waals surface area contributed by atoms with Crippen LogP contribution in [0.3, 0.4) is 0 Å². The summed E-state index contributed by atoms with van der Waals surface area (Å²) in [4.78, 5) is 4.35. The topological polar surface area (TPSA) is 48.1 Å². The van der Waals surface area contributed by atoms with Crippen LogP contribution in [0.2, 0.25) is 0 Å².